The van der Waals surface area contributed by atoms with Gasteiger partial charge in [0.15, 0.2) is 0 Å². The summed E-state index contributed by atoms with van der Waals surface area (Å²) in [5, 5.41) is 0. The van der Waals surface area contributed by atoms with Gasteiger partial charge in [0.1, 0.15) is 0 Å². The second-order valence-electron chi connectivity index (χ2n) is 7.96. The SMILES string of the molecule is CC(C)(C)CC(=O)N1C[C@@H]2C[C@H](C1)c1ccc(N)c(=O)n1C2. The van der Waals surface area contributed by atoms with Crippen LogP contribution in [0.3, 0.4) is 0 Å². The van der Waals surface area contributed by atoms with E-state index in [-0.39, 0.29) is 22.8 Å². The van der Waals surface area contributed by atoms with E-state index in [0.717, 1.165) is 25.2 Å². The largest absolute Gasteiger partial charge is 0.394 e. The van der Waals surface area contributed by atoms with Gasteiger partial charge in [-0.15, -0.1) is 0 Å². The molecule has 0 spiro atoms. The number of nitrogens with zero attached hydrogens (tertiary/aromatic N) is 2. The number of anilines is 1. The number of piperidine rings is 1. The second kappa shape index (κ2) is 5.14. The van der Waals surface area contributed by atoms with Crippen molar-refractivity contribution in [1.29, 1.82) is 0 Å². The molecule has 120 valence electrons. The zero-order valence-corrected chi connectivity index (χ0v) is 13.6. The minimum absolute atomic E-state index is 0.00688. The van der Waals surface area contributed by atoms with Gasteiger partial charge in [-0.3, -0.25) is 9.59 Å². The Balaban J connectivity index is 1.84. The van der Waals surface area contributed by atoms with E-state index in [9.17, 15) is 9.59 Å². The summed E-state index contributed by atoms with van der Waals surface area (Å²) in [5.74, 6) is 0.841. The van der Waals surface area contributed by atoms with Crippen LogP contribution in [0.15, 0.2) is 16.9 Å². The van der Waals surface area contributed by atoms with Gasteiger partial charge in [0.05, 0.1) is 5.69 Å². The summed E-state index contributed by atoms with van der Waals surface area (Å²) in [6.45, 7) is 8.42. The third-order valence-corrected chi connectivity index (χ3v) is 4.67. The van der Waals surface area contributed by atoms with Crippen LogP contribution in [0.4, 0.5) is 5.69 Å². The van der Waals surface area contributed by atoms with Crippen molar-refractivity contribution in [1.82, 2.24) is 9.47 Å². The van der Waals surface area contributed by atoms with Crippen molar-refractivity contribution < 1.29 is 4.79 Å². The quantitative estimate of drug-likeness (QED) is 0.860. The molecule has 1 fully saturated rings. The lowest BCUT2D eigenvalue weighted by Gasteiger charge is -2.43. The summed E-state index contributed by atoms with van der Waals surface area (Å²) < 4.78 is 1.82. The lowest BCUT2D eigenvalue weighted by molar-refractivity contribution is -0.135. The van der Waals surface area contributed by atoms with E-state index >= 15 is 0 Å². The van der Waals surface area contributed by atoms with Crippen molar-refractivity contribution in [2.75, 3.05) is 18.8 Å². The van der Waals surface area contributed by atoms with Crippen LogP contribution < -0.4 is 11.3 Å². The number of aromatic nitrogens is 1. The smallest absolute Gasteiger partial charge is 0.273 e. The van der Waals surface area contributed by atoms with Crippen molar-refractivity contribution in [3.63, 3.8) is 0 Å². The maximum Gasteiger partial charge on any atom is 0.273 e. The first-order valence-corrected chi connectivity index (χ1v) is 8.01. The Morgan fingerprint density at radius 2 is 2.00 bits per heavy atom. The van der Waals surface area contributed by atoms with E-state index in [1.807, 2.05) is 15.5 Å². The Labute approximate surface area is 131 Å². The molecule has 2 aliphatic rings. The Hall–Kier alpha value is -1.78. The number of likely N-dealkylation sites (tertiary alicyclic amines) is 1. The van der Waals surface area contributed by atoms with Crippen LogP contribution >= 0.6 is 0 Å². The minimum atomic E-state index is -0.0818. The molecule has 2 bridgehead atoms. The first-order chi connectivity index (χ1) is 10.2. The van der Waals surface area contributed by atoms with Gasteiger partial charge in [-0.25, -0.2) is 0 Å². The topological polar surface area (TPSA) is 68.3 Å². The number of nitrogen functional groups attached to an aromatic ring is 1. The molecular weight excluding hydrogens is 278 g/mol. The zero-order valence-electron chi connectivity index (χ0n) is 13.6. The molecule has 2 aliphatic heterocycles. The molecule has 0 unspecified atom stereocenters. The van der Waals surface area contributed by atoms with Gasteiger partial charge in [-0.1, -0.05) is 20.8 Å². The van der Waals surface area contributed by atoms with Crippen LogP contribution in [0.25, 0.3) is 0 Å². The highest BCUT2D eigenvalue weighted by atomic mass is 16.2. The maximum atomic E-state index is 12.5. The zero-order chi connectivity index (χ0) is 16.1. The third kappa shape index (κ3) is 2.76. The predicted molar refractivity (Wildman–Crippen MR) is 86.6 cm³/mol. The number of nitrogens with two attached hydrogens (primary N) is 1. The average molecular weight is 303 g/mol. The Morgan fingerprint density at radius 1 is 1.27 bits per heavy atom. The molecule has 2 atom stereocenters. The molecular formula is C17H25N3O2. The molecule has 5 heteroatoms. The standard InChI is InChI=1S/C17H25N3O2/c1-17(2,3)7-15(21)19-8-11-6-12(10-19)14-5-4-13(18)16(22)20(14)9-11/h4-5,11-12H,6-10,18H2,1-3H3/t11-,12+/m0/s1. The van der Waals surface area contributed by atoms with Gasteiger partial charge in [0, 0.05) is 37.7 Å². The Bertz CT molecular complexity index is 657. The number of pyridine rings is 1. The predicted octanol–water partition coefficient (Wildman–Crippen LogP) is 1.81. The minimum Gasteiger partial charge on any atom is -0.394 e. The molecule has 0 aliphatic carbocycles. The average Bonchev–Trinajstić information content (AvgIpc) is 2.41. The number of hydrogen-bond acceptors (Lipinski definition) is 3. The fourth-order valence-electron chi connectivity index (χ4n) is 3.73. The van der Waals surface area contributed by atoms with E-state index in [1.54, 1.807) is 6.07 Å². The second-order valence-corrected chi connectivity index (χ2v) is 7.96. The molecule has 3 rings (SSSR count). The summed E-state index contributed by atoms with van der Waals surface area (Å²) in [6.07, 6.45) is 1.63. The molecule has 1 aromatic rings. The number of carbonyl (C=O) groups excluding carboxylic acids is 1. The first kappa shape index (κ1) is 15.1. The van der Waals surface area contributed by atoms with Crippen LogP contribution in [0, 0.1) is 11.3 Å². The summed E-state index contributed by atoms with van der Waals surface area (Å²) >= 11 is 0. The van der Waals surface area contributed by atoms with E-state index in [2.05, 4.69) is 20.8 Å². The molecule has 5 nitrogen and oxygen atoms in total. The molecule has 3 heterocycles. The van der Waals surface area contributed by atoms with E-state index in [0.29, 0.717) is 24.6 Å². The lowest BCUT2D eigenvalue weighted by atomic mass is 9.82. The molecule has 2 N–H and O–H groups in total. The highest BCUT2D eigenvalue weighted by Gasteiger charge is 2.37. The van der Waals surface area contributed by atoms with Crippen LogP contribution in [0.5, 0.6) is 0 Å². The molecule has 1 aromatic heterocycles. The Kier molecular flexibility index (Phi) is 3.54. The Morgan fingerprint density at radius 3 is 2.68 bits per heavy atom. The molecule has 1 amide bonds. The highest BCUT2D eigenvalue weighted by molar-refractivity contribution is 5.77. The van der Waals surface area contributed by atoms with Gasteiger partial charge < -0.3 is 15.2 Å². The van der Waals surface area contributed by atoms with Crippen molar-refractivity contribution in [3.05, 3.63) is 28.2 Å². The van der Waals surface area contributed by atoms with Gasteiger partial charge in [0.2, 0.25) is 5.91 Å². The fraction of sp³-hybridized carbons (Fsp3) is 0.647. The van der Waals surface area contributed by atoms with Gasteiger partial charge in [-0.2, -0.15) is 0 Å². The van der Waals surface area contributed by atoms with E-state index in [4.69, 9.17) is 5.73 Å². The van der Waals surface area contributed by atoms with Gasteiger partial charge >= 0.3 is 0 Å². The summed E-state index contributed by atoms with van der Waals surface area (Å²) in [5.41, 5.74) is 7.01. The summed E-state index contributed by atoms with van der Waals surface area (Å²) in [4.78, 5) is 26.7. The van der Waals surface area contributed by atoms with Crippen molar-refractivity contribution in [2.24, 2.45) is 11.3 Å². The van der Waals surface area contributed by atoms with Crippen molar-refractivity contribution in [3.8, 4) is 0 Å². The third-order valence-electron chi connectivity index (χ3n) is 4.67. The highest BCUT2D eigenvalue weighted by Crippen LogP contribution is 2.36. The van der Waals surface area contributed by atoms with Crippen LogP contribution in [0.2, 0.25) is 0 Å². The normalized spacial score (nSPS) is 24.0. The van der Waals surface area contributed by atoms with Crippen LogP contribution in [0.1, 0.15) is 45.2 Å². The maximum absolute atomic E-state index is 12.5. The number of carbonyl (C=O) groups is 1. The van der Waals surface area contributed by atoms with Crippen molar-refractivity contribution >= 4 is 11.6 Å². The van der Waals surface area contributed by atoms with Gasteiger partial charge in [-0.05, 0) is 29.9 Å². The first-order valence-electron chi connectivity index (χ1n) is 8.01. The monoisotopic (exact) mass is 303 g/mol. The summed E-state index contributed by atoms with van der Waals surface area (Å²) in [6, 6.07) is 3.65. The molecule has 1 saturated heterocycles. The van der Waals surface area contributed by atoms with Crippen molar-refractivity contribution in [2.45, 2.75) is 46.1 Å². The number of rotatable bonds is 1. The van der Waals surface area contributed by atoms with E-state index in [1.165, 1.54) is 0 Å². The number of fused-ring (bicyclic) bond motifs is 4. The molecule has 0 saturated carbocycles. The van der Waals surface area contributed by atoms with Gasteiger partial charge in [0.25, 0.3) is 5.56 Å². The molecule has 0 aromatic carbocycles. The number of amides is 1. The fourth-order valence-corrected chi connectivity index (χ4v) is 3.73. The van der Waals surface area contributed by atoms with E-state index < -0.39 is 0 Å². The summed E-state index contributed by atoms with van der Waals surface area (Å²) in [7, 11) is 0. The van der Waals surface area contributed by atoms with Crippen LogP contribution in [-0.4, -0.2) is 28.5 Å². The molecule has 0 radical (unpaired) electrons. The van der Waals surface area contributed by atoms with Crippen LogP contribution in [-0.2, 0) is 11.3 Å². The lowest BCUT2D eigenvalue weighted by Crippen LogP contribution is -2.49. The molecule has 22 heavy (non-hydrogen) atoms. The number of hydrogen-bond donors (Lipinski definition) is 1.